The van der Waals surface area contributed by atoms with E-state index in [0.29, 0.717) is 29.4 Å². The highest BCUT2D eigenvalue weighted by atomic mass is 35.5. The van der Waals surface area contributed by atoms with Crippen LogP contribution in [0, 0.1) is 17.6 Å². The fourth-order valence-electron chi connectivity index (χ4n) is 5.20. The van der Waals surface area contributed by atoms with Crippen molar-refractivity contribution < 1.29 is 21.6 Å². The van der Waals surface area contributed by atoms with Gasteiger partial charge in [-0.1, -0.05) is 35.9 Å². The molecule has 36 heavy (non-hydrogen) atoms. The summed E-state index contributed by atoms with van der Waals surface area (Å²) in [6.07, 6.45) is 1.09. The summed E-state index contributed by atoms with van der Waals surface area (Å²) in [6.45, 7) is 3.82. The molecule has 4 nitrogen and oxygen atoms in total. The van der Waals surface area contributed by atoms with Gasteiger partial charge >= 0.3 is 0 Å². The van der Waals surface area contributed by atoms with Crippen LogP contribution in [-0.2, 0) is 10.0 Å². The van der Waals surface area contributed by atoms with Crippen molar-refractivity contribution in [2.45, 2.75) is 31.5 Å². The number of hydrogen-bond donors (Lipinski definition) is 1. The molecule has 1 fully saturated rings. The molecule has 0 spiro atoms. The van der Waals surface area contributed by atoms with Gasteiger partial charge in [0.1, 0.15) is 17.3 Å². The number of likely N-dealkylation sites (tertiary alicyclic amines) is 1. The smallest absolute Gasteiger partial charge is 0.229 e. The first-order valence-corrected chi connectivity index (χ1v) is 13.8. The molecular formula is C27H28ClF3N2O2S. The molecule has 0 aromatic heterocycles. The van der Waals surface area contributed by atoms with E-state index in [2.05, 4.69) is 9.62 Å². The van der Waals surface area contributed by atoms with Crippen LogP contribution in [0.25, 0.3) is 0 Å². The van der Waals surface area contributed by atoms with Crippen LogP contribution in [0.5, 0.6) is 0 Å². The van der Waals surface area contributed by atoms with Crippen molar-refractivity contribution in [2.24, 2.45) is 5.92 Å². The molecule has 0 saturated carbocycles. The molecule has 4 rings (SSSR count). The summed E-state index contributed by atoms with van der Waals surface area (Å²) < 4.78 is 69.3. The fraction of sp³-hybridized carbons (Fsp3) is 0.333. The van der Waals surface area contributed by atoms with Gasteiger partial charge in [0, 0.05) is 35.8 Å². The number of alkyl halides is 1. The van der Waals surface area contributed by atoms with Gasteiger partial charge in [-0.05, 0) is 72.9 Å². The molecule has 192 valence electrons. The molecule has 3 aromatic rings. The molecule has 1 N–H and O–H groups in total. The number of benzene rings is 3. The summed E-state index contributed by atoms with van der Waals surface area (Å²) in [7, 11) is -3.46. The van der Waals surface area contributed by atoms with Crippen molar-refractivity contribution in [3.63, 3.8) is 0 Å². The van der Waals surface area contributed by atoms with E-state index in [4.69, 9.17) is 11.6 Å². The lowest BCUT2D eigenvalue weighted by atomic mass is 9.72. The number of rotatable bonds is 8. The van der Waals surface area contributed by atoms with Crippen molar-refractivity contribution in [1.29, 1.82) is 0 Å². The molecule has 0 aliphatic carbocycles. The Morgan fingerprint density at radius 1 is 0.944 bits per heavy atom. The Bertz CT molecular complexity index is 1320. The highest BCUT2D eigenvalue weighted by molar-refractivity contribution is 7.92. The summed E-state index contributed by atoms with van der Waals surface area (Å²) in [5.41, 5.74) is 0.807. The zero-order valence-electron chi connectivity index (χ0n) is 20.2. The molecule has 1 heterocycles. The summed E-state index contributed by atoms with van der Waals surface area (Å²) in [6, 6.07) is 17.4. The summed E-state index contributed by atoms with van der Waals surface area (Å²) in [5.74, 6) is -2.35. The van der Waals surface area contributed by atoms with Crippen LogP contribution in [0.4, 0.5) is 18.9 Å². The Labute approximate surface area is 215 Å². The van der Waals surface area contributed by atoms with Crippen molar-refractivity contribution in [1.82, 2.24) is 4.90 Å². The monoisotopic (exact) mass is 536 g/mol. The van der Waals surface area contributed by atoms with E-state index in [1.807, 2.05) is 18.2 Å². The lowest BCUT2D eigenvalue weighted by molar-refractivity contribution is 0.00806. The van der Waals surface area contributed by atoms with Gasteiger partial charge in [0.05, 0.1) is 12.3 Å². The molecule has 3 aromatic carbocycles. The topological polar surface area (TPSA) is 49.4 Å². The second kappa shape index (κ2) is 10.1. The van der Waals surface area contributed by atoms with Crippen LogP contribution in [0.3, 0.4) is 0 Å². The quantitative estimate of drug-likeness (QED) is 0.355. The van der Waals surface area contributed by atoms with Crippen molar-refractivity contribution in [2.75, 3.05) is 24.1 Å². The van der Waals surface area contributed by atoms with Crippen LogP contribution in [-0.4, -0.2) is 38.3 Å². The third-order valence-corrected chi connectivity index (χ3v) is 7.31. The molecule has 1 aliphatic rings. The standard InChI is InChI=1S/C27H28ClF3N2O2S/c1-27(2,31)25(19-11-22(29)14-23(30)12-19)20-15-33(16-20)26(17-7-9-21(28)10-8-17)18-5-4-6-24(13-18)32-36(3,34)35/h4-14,20,25-26,32H,15-16H2,1-3H3. The number of sulfonamides is 1. The first kappa shape index (κ1) is 26.5. The van der Waals surface area contributed by atoms with Crippen LogP contribution in [0.1, 0.15) is 42.5 Å². The third kappa shape index (κ3) is 6.22. The fourth-order valence-corrected chi connectivity index (χ4v) is 5.88. The lowest BCUT2D eigenvalue weighted by Gasteiger charge is -2.50. The normalized spacial score (nSPS) is 16.9. The molecular weight excluding hydrogens is 509 g/mol. The Hall–Kier alpha value is -2.55. The summed E-state index contributed by atoms with van der Waals surface area (Å²) >= 11 is 6.10. The van der Waals surface area contributed by atoms with Crippen LogP contribution in [0.15, 0.2) is 66.7 Å². The van der Waals surface area contributed by atoms with E-state index >= 15 is 4.39 Å². The van der Waals surface area contributed by atoms with Gasteiger partial charge in [0.25, 0.3) is 0 Å². The number of nitrogens with one attached hydrogen (secondary N) is 1. The minimum atomic E-state index is -3.46. The van der Waals surface area contributed by atoms with Gasteiger partial charge in [-0.2, -0.15) is 0 Å². The van der Waals surface area contributed by atoms with E-state index in [1.165, 1.54) is 26.0 Å². The molecule has 0 bridgehead atoms. The third-order valence-electron chi connectivity index (χ3n) is 6.45. The molecule has 2 unspecified atom stereocenters. The summed E-state index contributed by atoms with van der Waals surface area (Å²) in [4.78, 5) is 2.14. The average Bonchev–Trinajstić information content (AvgIpc) is 2.70. The van der Waals surface area contributed by atoms with E-state index < -0.39 is 33.2 Å². The van der Waals surface area contributed by atoms with E-state index in [1.54, 1.807) is 30.3 Å². The van der Waals surface area contributed by atoms with Crippen LogP contribution < -0.4 is 4.72 Å². The zero-order chi connectivity index (χ0) is 26.3. The molecule has 1 aliphatic heterocycles. The Morgan fingerprint density at radius 2 is 1.56 bits per heavy atom. The van der Waals surface area contributed by atoms with Crippen molar-refractivity contribution >= 4 is 27.3 Å². The van der Waals surface area contributed by atoms with Crippen molar-refractivity contribution in [3.05, 3.63) is 100 Å². The van der Waals surface area contributed by atoms with Gasteiger partial charge in [-0.15, -0.1) is 0 Å². The minimum absolute atomic E-state index is 0.182. The van der Waals surface area contributed by atoms with Crippen LogP contribution in [0.2, 0.25) is 5.02 Å². The summed E-state index contributed by atoms with van der Waals surface area (Å²) in [5, 5.41) is 0.582. The lowest BCUT2D eigenvalue weighted by Crippen LogP contribution is -2.53. The number of nitrogens with zero attached hydrogens (tertiary/aromatic N) is 1. The number of anilines is 1. The van der Waals surface area contributed by atoms with E-state index in [-0.39, 0.29) is 12.0 Å². The van der Waals surface area contributed by atoms with Gasteiger partial charge in [0.2, 0.25) is 10.0 Å². The highest BCUT2D eigenvalue weighted by Crippen LogP contribution is 2.45. The maximum atomic E-state index is 15.4. The van der Waals surface area contributed by atoms with Gasteiger partial charge in [-0.3, -0.25) is 9.62 Å². The second-order valence-corrected chi connectivity index (χ2v) is 12.1. The van der Waals surface area contributed by atoms with Crippen molar-refractivity contribution in [3.8, 4) is 0 Å². The van der Waals surface area contributed by atoms with Gasteiger partial charge < -0.3 is 0 Å². The Morgan fingerprint density at radius 3 is 2.11 bits per heavy atom. The first-order valence-electron chi connectivity index (χ1n) is 11.5. The number of hydrogen-bond acceptors (Lipinski definition) is 3. The second-order valence-electron chi connectivity index (χ2n) is 9.91. The van der Waals surface area contributed by atoms with Gasteiger partial charge in [-0.25, -0.2) is 21.6 Å². The highest BCUT2D eigenvalue weighted by Gasteiger charge is 2.45. The molecule has 1 saturated heterocycles. The van der Waals surface area contributed by atoms with E-state index in [0.717, 1.165) is 23.4 Å². The van der Waals surface area contributed by atoms with Gasteiger partial charge in [0.15, 0.2) is 0 Å². The first-order chi connectivity index (χ1) is 16.8. The minimum Gasteiger partial charge on any atom is -0.292 e. The SMILES string of the molecule is CC(C)(F)C(c1cc(F)cc(F)c1)C1CN(C(c2ccc(Cl)cc2)c2cccc(NS(C)(=O)=O)c2)C1. The Balaban J connectivity index is 1.66. The average molecular weight is 537 g/mol. The predicted octanol–water partition coefficient (Wildman–Crippen LogP) is 6.54. The number of halogens is 4. The molecule has 0 radical (unpaired) electrons. The largest absolute Gasteiger partial charge is 0.292 e. The maximum absolute atomic E-state index is 15.4. The molecule has 9 heteroatoms. The molecule has 2 atom stereocenters. The predicted molar refractivity (Wildman–Crippen MR) is 138 cm³/mol. The van der Waals surface area contributed by atoms with E-state index in [9.17, 15) is 17.2 Å². The zero-order valence-corrected chi connectivity index (χ0v) is 21.8. The van der Waals surface area contributed by atoms with Crippen LogP contribution >= 0.6 is 11.6 Å². The maximum Gasteiger partial charge on any atom is 0.229 e. The Kier molecular flexibility index (Phi) is 7.42. The molecule has 0 amide bonds.